The molecule has 1 aliphatic rings. The van der Waals surface area contributed by atoms with Crippen molar-refractivity contribution in [3.05, 3.63) is 29.3 Å². The number of nitrogens with one attached hydrogen (secondary N) is 3. The van der Waals surface area contributed by atoms with Crippen molar-refractivity contribution in [3.8, 4) is 0 Å². The molecule has 1 saturated heterocycles. The van der Waals surface area contributed by atoms with Crippen molar-refractivity contribution in [1.29, 1.82) is 5.41 Å². The molecular weight excluding hydrogens is 374 g/mol. The van der Waals surface area contributed by atoms with E-state index in [-0.39, 0.29) is 23.4 Å². The summed E-state index contributed by atoms with van der Waals surface area (Å²) in [6.07, 6.45) is 4.26. The lowest BCUT2D eigenvalue weighted by Gasteiger charge is -2.24. The number of aromatic nitrogens is 1. The largest absolute Gasteiger partial charge is 0.388 e. The number of thiazole rings is 1. The molecule has 2 atom stereocenters. The van der Waals surface area contributed by atoms with Crippen molar-refractivity contribution < 1.29 is 9.59 Å². The number of para-hydroxylation sites is 1. The fourth-order valence-corrected chi connectivity index (χ4v) is 4.38. The van der Waals surface area contributed by atoms with Crippen molar-refractivity contribution in [1.82, 2.24) is 15.6 Å². The average molecular weight is 402 g/mol. The molecule has 0 radical (unpaired) electrons. The zero-order valence-corrected chi connectivity index (χ0v) is 16.7. The van der Waals surface area contributed by atoms with E-state index in [1.807, 2.05) is 24.3 Å². The Hall–Kier alpha value is -2.32. The van der Waals surface area contributed by atoms with Gasteiger partial charge in [0.05, 0.1) is 28.0 Å². The molecule has 150 valence electrons. The third kappa shape index (κ3) is 5.36. The second kappa shape index (κ2) is 9.75. The first-order valence-electron chi connectivity index (χ1n) is 9.78. The Kier molecular flexibility index (Phi) is 7.11. The summed E-state index contributed by atoms with van der Waals surface area (Å²) in [4.78, 5) is 30.3. The van der Waals surface area contributed by atoms with Crippen molar-refractivity contribution in [3.63, 3.8) is 0 Å². The smallest absolute Gasteiger partial charge is 0.224 e. The van der Waals surface area contributed by atoms with Crippen molar-refractivity contribution in [2.75, 3.05) is 13.1 Å². The van der Waals surface area contributed by atoms with Crippen LogP contribution in [0.3, 0.4) is 0 Å². The summed E-state index contributed by atoms with van der Waals surface area (Å²) in [6.45, 7) is 1.58. The third-order valence-corrected chi connectivity index (χ3v) is 6.05. The summed E-state index contributed by atoms with van der Waals surface area (Å²) in [6, 6.07) is 7.05. The summed E-state index contributed by atoms with van der Waals surface area (Å²) in [5, 5.41) is 14.0. The van der Waals surface area contributed by atoms with Gasteiger partial charge in [0.15, 0.2) is 5.01 Å². The first-order chi connectivity index (χ1) is 13.5. The van der Waals surface area contributed by atoms with E-state index in [9.17, 15) is 9.59 Å². The molecule has 1 fully saturated rings. The highest BCUT2D eigenvalue weighted by atomic mass is 32.1. The van der Waals surface area contributed by atoms with Crippen LogP contribution >= 0.6 is 11.3 Å². The number of fused-ring (bicyclic) bond motifs is 1. The topological polar surface area (TPSA) is 121 Å². The highest BCUT2D eigenvalue weighted by Gasteiger charge is 2.28. The molecule has 0 spiro atoms. The maximum atomic E-state index is 13.1. The fourth-order valence-electron chi connectivity index (χ4n) is 3.42. The van der Waals surface area contributed by atoms with E-state index in [1.165, 1.54) is 11.3 Å². The number of carbonyl (C=O) groups excluding carboxylic acids is 2. The quantitative estimate of drug-likeness (QED) is 0.223. The standard InChI is InChI=1S/C20H27N5O2S/c21-17(22)10-4-2-8-15(24-19(27)13-6-5-11-23-12-13)18(26)20-25-14-7-1-3-9-16(14)28-20/h1,3,7,9,13,15,23H,2,4-6,8,10-12H2,(H3,21,22)(H,24,27)/t13-,15-/m0/s1. The molecular formula is C20H27N5O2S. The number of benzene rings is 1. The lowest BCUT2D eigenvalue weighted by molar-refractivity contribution is -0.126. The molecule has 0 unspecified atom stereocenters. The molecule has 3 rings (SSSR count). The maximum absolute atomic E-state index is 13.1. The van der Waals surface area contributed by atoms with Crippen LogP contribution < -0.4 is 16.4 Å². The Labute approximate surface area is 168 Å². The van der Waals surface area contributed by atoms with Crippen LogP contribution in [-0.4, -0.2) is 41.6 Å². The predicted molar refractivity (Wildman–Crippen MR) is 112 cm³/mol. The van der Waals surface area contributed by atoms with Crippen LogP contribution in [0.15, 0.2) is 24.3 Å². The minimum Gasteiger partial charge on any atom is -0.388 e. The number of amidine groups is 1. The molecule has 28 heavy (non-hydrogen) atoms. The van der Waals surface area contributed by atoms with E-state index in [0.717, 1.165) is 36.0 Å². The number of rotatable bonds is 9. The van der Waals surface area contributed by atoms with Crippen LogP contribution in [0.25, 0.3) is 10.2 Å². The molecule has 2 aromatic rings. The fraction of sp³-hybridized carbons (Fsp3) is 0.500. The molecule has 1 amide bonds. The van der Waals surface area contributed by atoms with E-state index in [2.05, 4.69) is 15.6 Å². The van der Waals surface area contributed by atoms with Crippen LogP contribution in [0.4, 0.5) is 0 Å². The monoisotopic (exact) mass is 401 g/mol. The molecule has 1 aromatic heterocycles. The number of Topliss-reactive ketones (excluding diaryl/α,β-unsaturated/α-hetero) is 1. The van der Waals surface area contributed by atoms with E-state index >= 15 is 0 Å². The zero-order chi connectivity index (χ0) is 19.9. The molecule has 5 N–H and O–H groups in total. The van der Waals surface area contributed by atoms with Crippen LogP contribution in [-0.2, 0) is 4.79 Å². The first kappa shape index (κ1) is 20.4. The number of piperidine rings is 1. The van der Waals surface area contributed by atoms with Gasteiger partial charge in [0.2, 0.25) is 11.7 Å². The summed E-state index contributed by atoms with van der Waals surface area (Å²) >= 11 is 1.36. The summed E-state index contributed by atoms with van der Waals surface area (Å²) in [5.41, 5.74) is 6.21. The van der Waals surface area contributed by atoms with E-state index in [4.69, 9.17) is 11.1 Å². The number of amides is 1. The first-order valence-corrected chi connectivity index (χ1v) is 10.6. The average Bonchev–Trinajstić information content (AvgIpc) is 3.14. The number of hydrogen-bond acceptors (Lipinski definition) is 6. The maximum Gasteiger partial charge on any atom is 0.224 e. The van der Waals surface area contributed by atoms with Crippen molar-refractivity contribution >= 4 is 39.1 Å². The van der Waals surface area contributed by atoms with Gasteiger partial charge >= 0.3 is 0 Å². The number of nitrogens with zero attached hydrogens (tertiary/aromatic N) is 1. The Morgan fingerprint density at radius 3 is 2.89 bits per heavy atom. The number of hydrogen-bond donors (Lipinski definition) is 4. The second-order valence-electron chi connectivity index (χ2n) is 7.23. The molecule has 0 saturated carbocycles. The Morgan fingerprint density at radius 2 is 2.18 bits per heavy atom. The zero-order valence-electron chi connectivity index (χ0n) is 15.9. The van der Waals surface area contributed by atoms with Gasteiger partial charge in [0, 0.05) is 13.0 Å². The van der Waals surface area contributed by atoms with Gasteiger partial charge in [0.25, 0.3) is 0 Å². The van der Waals surface area contributed by atoms with Crippen molar-refractivity contribution in [2.24, 2.45) is 11.7 Å². The van der Waals surface area contributed by atoms with Gasteiger partial charge in [-0.25, -0.2) is 4.98 Å². The molecule has 1 aromatic carbocycles. The number of unbranched alkanes of at least 4 members (excludes halogenated alkanes) is 1. The van der Waals surface area contributed by atoms with Gasteiger partial charge in [-0.1, -0.05) is 18.6 Å². The van der Waals surface area contributed by atoms with Crippen molar-refractivity contribution in [2.45, 2.75) is 44.6 Å². The van der Waals surface area contributed by atoms with E-state index < -0.39 is 6.04 Å². The van der Waals surface area contributed by atoms with Gasteiger partial charge in [-0.05, 0) is 44.4 Å². The van der Waals surface area contributed by atoms with Crippen LogP contribution in [0.2, 0.25) is 0 Å². The highest BCUT2D eigenvalue weighted by Crippen LogP contribution is 2.24. The SMILES string of the molecule is N=C(N)CCCC[C@H](NC(=O)[C@H]1CCCNC1)C(=O)c1nc2ccccc2s1. The van der Waals surface area contributed by atoms with Gasteiger partial charge in [-0.3, -0.25) is 15.0 Å². The third-order valence-electron chi connectivity index (χ3n) is 4.99. The molecule has 1 aliphatic heterocycles. The molecule has 0 bridgehead atoms. The van der Waals surface area contributed by atoms with Gasteiger partial charge in [0.1, 0.15) is 0 Å². The Balaban J connectivity index is 1.70. The van der Waals surface area contributed by atoms with Crippen LogP contribution in [0, 0.1) is 11.3 Å². The van der Waals surface area contributed by atoms with Gasteiger partial charge in [-0.15, -0.1) is 11.3 Å². The molecule has 0 aliphatic carbocycles. The predicted octanol–water partition coefficient (Wildman–Crippen LogP) is 2.46. The number of ketones is 1. The molecule has 7 nitrogen and oxygen atoms in total. The van der Waals surface area contributed by atoms with E-state index in [1.54, 1.807) is 0 Å². The number of carbonyl (C=O) groups is 2. The number of nitrogens with two attached hydrogens (primary N) is 1. The summed E-state index contributed by atoms with van der Waals surface area (Å²) in [7, 11) is 0. The Bertz CT molecular complexity index is 811. The van der Waals surface area contributed by atoms with Gasteiger partial charge in [-0.2, -0.15) is 0 Å². The molecule has 8 heteroatoms. The lowest BCUT2D eigenvalue weighted by atomic mass is 9.97. The summed E-state index contributed by atoms with van der Waals surface area (Å²) in [5.74, 6) is -0.164. The normalized spacial score (nSPS) is 17.9. The van der Waals surface area contributed by atoms with Gasteiger partial charge < -0.3 is 16.4 Å². The Morgan fingerprint density at radius 1 is 1.36 bits per heavy atom. The van der Waals surface area contributed by atoms with E-state index in [0.29, 0.717) is 30.8 Å². The minimum absolute atomic E-state index is 0.0711. The van der Waals surface area contributed by atoms with Crippen LogP contribution in [0.5, 0.6) is 0 Å². The highest BCUT2D eigenvalue weighted by molar-refractivity contribution is 7.20. The lowest BCUT2D eigenvalue weighted by Crippen LogP contribution is -2.47. The summed E-state index contributed by atoms with van der Waals surface area (Å²) < 4.78 is 0.962. The molecule has 2 heterocycles. The minimum atomic E-state index is -0.595. The second-order valence-corrected chi connectivity index (χ2v) is 8.26. The van der Waals surface area contributed by atoms with Crippen LogP contribution in [0.1, 0.15) is 48.3 Å².